The van der Waals surface area contributed by atoms with E-state index in [1.807, 2.05) is 81.5 Å². The summed E-state index contributed by atoms with van der Waals surface area (Å²) in [5, 5.41) is 5.58. The lowest BCUT2D eigenvalue weighted by atomic mass is 9.84. The Morgan fingerprint density at radius 3 is 2.54 bits per heavy atom. The average molecular weight is 938 g/mol. The van der Waals surface area contributed by atoms with E-state index in [-0.39, 0.29) is 37.8 Å². The summed E-state index contributed by atoms with van der Waals surface area (Å²) in [5.74, 6) is -1.88. The number of nitrogens with zero attached hydrogens (tertiary/aromatic N) is 7. The predicted molar refractivity (Wildman–Crippen MR) is 270 cm³/mol. The zero-order chi connectivity index (χ0) is 49.4. The Bertz CT molecular complexity index is 2720. The molecule has 0 aliphatic carbocycles. The number of benzene rings is 3. The number of aromatic nitrogens is 2. The van der Waals surface area contributed by atoms with Gasteiger partial charge in [-0.05, 0) is 102 Å². The van der Waals surface area contributed by atoms with E-state index in [0.717, 1.165) is 55.7 Å². The molecule has 364 valence electrons. The largest absolute Gasteiger partial charge is 0.464 e. The molecule has 0 spiro atoms. The van der Waals surface area contributed by atoms with Crippen LogP contribution in [0, 0.1) is 11.3 Å². The Hall–Kier alpha value is -6.67. The SMILES string of the molecule is CCn1c(-c2cnccc2COC)c2c3cc(ccc31)-c1cccc(c1)C[C@H](NC(=O)C(C(C)C)N(C)C(=O)CCN=C=Nc1ccc(N(C)C)cc1)C(=O)N1CCC[C@H](N1)C(=O)OCC(C)(C)C2. The van der Waals surface area contributed by atoms with Gasteiger partial charge in [0, 0.05) is 94.1 Å². The number of likely N-dealkylation sites (N-methyl/N-ethyl adjacent to an activating group) is 1. The smallest absolute Gasteiger partial charge is 0.324 e. The molecule has 4 heterocycles. The Morgan fingerprint density at radius 1 is 1.04 bits per heavy atom. The molecular formula is C54H67N9O6. The number of rotatable bonds is 13. The molecule has 2 aliphatic rings. The number of methoxy groups -OCH3 is 1. The summed E-state index contributed by atoms with van der Waals surface area (Å²) < 4.78 is 14.1. The number of ether oxygens (including phenoxy) is 2. The maximum Gasteiger partial charge on any atom is 0.324 e. The van der Waals surface area contributed by atoms with Gasteiger partial charge in [-0.1, -0.05) is 58.0 Å². The first kappa shape index (κ1) is 50.2. The van der Waals surface area contributed by atoms with Crippen LogP contribution in [0.15, 0.2) is 95.2 Å². The highest BCUT2D eigenvalue weighted by atomic mass is 16.5. The van der Waals surface area contributed by atoms with Gasteiger partial charge < -0.3 is 29.2 Å². The number of carbonyl (C=O) groups is 4. The van der Waals surface area contributed by atoms with Gasteiger partial charge in [-0.2, -0.15) is 4.99 Å². The number of amides is 3. The van der Waals surface area contributed by atoms with Crippen molar-refractivity contribution in [1.29, 1.82) is 0 Å². The summed E-state index contributed by atoms with van der Waals surface area (Å²) in [4.78, 5) is 73.1. The van der Waals surface area contributed by atoms with Crippen LogP contribution in [0.5, 0.6) is 0 Å². The van der Waals surface area contributed by atoms with Gasteiger partial charge in [0.2, 0.25) is 11.8 Å². The Morgan fingerprint density at radius 2 is 1.81 bits per heavy atom. The molecule has 69 heavy (non-hydrogen) atoms. The summed E-state index contributed by atoms with van der Waals surface area (Å²) in [6.07, 6.45) is 5.51. The second kappa shape index (κ2) is 22.2. The molecule has 0 radical (unpaired) electrons. The third-order valence-electron chi connectivity index (χ3n) is 13.0. The minimum Gasteiger partial charge on any atom is -0.464 e. The fourth-order valence-electron chi connectivity index (χ4n) is 9.48. The number of pyridine rings is 1. The van der Waals surface area contributed by atoms with Gasteiger partial charge in [0.05, 0.1) is 37.1 Å². The molecule has 2 N–H and O–H groups in total. The number of cyclic esters (lactones) is 1. The van der Waals surface area contributed by atoms with E-state index in [9.17, 15) is 19.2 Å². The van der Waals surface area contributed by atoms with Gasteiger partial charge in [-0.15, -0.1) is 0 Å². The van der Waals surface area contributed by atoms with Crippen molar-refractivity contribution in [2.75, 3.05) is 52.8 Å². The van der Waals surface area contributed by atoms with Crippen LogP contribution in [-0.4, -0.2) is 115 Å². The fraction of sp³-hybridized carbons (Fsp3) is 0.444. The van der Waals surface area contributed by atoms with Crippen LogP contribution in [0.1, 0.15) is 70.6 Å². The molecule has 1 saturated heterocycles. The number of aryl methyl sites for hydroxylation is 1. The number of fused-ring (bicyclic) bond motifs is 6. The van der Waals surface area contributed by atoms with Gasteiger partial charge in [-0.25, -0.2) is 10.4 Å². The lowest BCUT2D eigenvalue weighted by Gasteiger charge is -2.36. The highest BCUT2D eigenvalue weighted by Crippen LogP contribution is 2.41. The highest BCUT2D eigenvalue weighted by Gasteiger charge is 2.37. The quantitative estimate of drug-likeness (QED) is 0.0893. The monoisotopic (exact) mass is 938 g/mol. The maximum absolute atomic E-state index is 14.7. The molecule has 1 fully saturated rings. The van der Waals surface area contributed by atoms with Gasteiger partial charge in [-0.3, -0.25) is 29.2 Å². The number of hydrogen-bond donors (Lipinski definition) is 2. The minimum absolute atomic E-state index is 0.0344. The highest BCUT2D eigenvalue weighted by molar-refractivity contribution is 5.96. The van der Waals surface area contributed by atoms with E-state index in [2.05, 4.69) is 87.4 Å². The molecule has 0 saturated carbocycles. The summed E-state index contributed by atoms with van der Waals surface area (Å²) in [7, 11) is 7.22. The first-order chi connectivity index (χ1) is 33.1. The second-order valence-electron chi connectivity index (χ2n) is 19.4. The number of hydrogen-bond acceptors (Lipinski definition) is 11. The number of anilines is 1. The molecule has 6 bridgehead atoms. The second-order valence-corrected chi connectivity index (χ2v) is 19.4. The Kier molecular flexibility index (Phi) is 16.1. The first-order valence-corrected chi connectivity index (χ1v) is 24.0. The Balaban J connectivity index is 1.20. The summed E-state index contributed by atoms with van der Waals surface area (Å²) >= 11 is 0. The van der Waals surface area contributed by atoms with Crippen LogP contribution in [0.3, 0.4) is 0 Å². The molecule has 3 atom stereocenters. The molecule has 7 rings (SSSR count). The molecule has 3 aromatic carbocycles. The lowest BCUT2D eigenvalue weighted by molar-refractivity contribution is -0.155. The molecule has 15 nitrogen and oxygen atoms in total. The van der Waals surface area contributed by atoms with Crippen molar-refractivity contribution in [2.24, 2.45) is 21.3 Å². The van der Waals surface area contributed by atoms with Gasteiger partial charge >= 0.3 is 5.97 Å². The van der Waals surface area contributed by atoms with Crippen LogP contribution in [0.2, 0.25) is 0 Å². The molecule has 2 aromatic heterocycles. The molecule has 3 amide bonds. The zero-order valence-electron chi connectivity index (χ0n) is 41.5. The third kappa shape index (κ3) is 11.8. The van der Waals surface area contributed by atoms with E-state index in [1.165, 1.54) is 9.91 Å². The number of carbonyl (C=O) groups excluding carboxylic acids is 4. The van der Waals surface area contributed by atoms with Crippen molar-refractivity contribution in [1.82, 2.24) is 30.2 Å². The van der Waals surface area contributed by atoms with E-state index in [4.69, 9.17) is 9.47 Å². The van der Waals surface area contributed by atoms with Crippen molar-refractivity contribution in [3.8, 4) is 22.4 Å². The van der Waals surface area contributed by atoms with Crippen LogP contribution in [0.4, 0.5) is 11.4 Å². The number of aliphatic imine (C=N–C) groups is 2. The average Bonchev–Trinajstić information content (AvgIpc) is 3.63. The topological polar surface area (TPSA) is 163 Å². The van der Waals surface area contributed by atoms with Gasteiger partial charge in [0.15, 0.2) is 0 Å². The predicted octanol–water partition coefficient (Wildman–Crippen LogP) is 7.63. The summed E-state index contributed by atoms with van der Waals surface area (Å²) in [6.45, 7) is 11.8. The lowest BCUT2D eigenvalue weighted by Crippen LogP contribution is -2.62. The molecule has 15 heteroatoms. The Labute approximate surface area is 406 Å². The van der Waals surface area contributed by atoms with E-state index in [0.29, 0.717) is 44.6 Å². The molecule has 5 aromatic rings. The van der Waals surface area contributed by atoms with Crippen molar-refractivity contribution in [3.05, 3.63) is 102 Å². The number of esters is 1. The number of nitrogens with one attached hydrogen (secondary N) is 2. The fourth-order valence-corrected chi connectivity index (χ4v) is 9.48. The normalized spacial score (nSPS) is 17.6. The number of hydrazine groups is 1. The molecule has 2 aliphatic heterocycles. The maximum atomic E-state index is 14.7. The van der Waals surface area contributed by atoms with Crippen molar-refractivity contribution < 1.29 is 28.7 Å². The van der Waals surface area contributed by atoms with Crippen LogP contribution in [0.25, 0.3) is 33.3 Å². The van der Waals surface area contributed by atoms with Gasteiger partial charge in [0.1, 0.15) is 18.1 Å². The standard InChI is InChI=1S/C54H67N9O6/c1-10-62-47-21-16-38-29-42(47)43(50(62)44-31-55-24-22-39(44)32-68-9)30-54(4,5)33-69-53(67)45-15-12-26-63(59-45)52(66)46(28-36-13-11-14-37(38)27-36)58-51(65)49(35(2)3)61(8)48(64)23-25-56-34-57-40-17-19-41(20-18-40)60(6)7/h11,13-14,16-22,24,27,29,31,35,45-46,49,59H,10,12,15,23,25-26,28,30,32-33H2,1-9H3,(H,58,65)/t45-,46-,49?/m0/s1. The third-order valence-corrected chi connectivity index (χ3v) is 13.0. The van der Waals surface area contributed by atoms with Crippen molar-refractivity contribution >= 4 is 52.0 Å². The van der Waals surface area contributed by atoms with Crippen molar-refractivity contribution in [3.63, 3.8) is 0 Å². The van der Waals surface area contributed by atoms with Gasteiger partial charge in [0.25, 0.3) is 5.91 Å². The minimum atomic E-state index is -1.04. The van der Waals surface area contributed by atoms with E-state index >= 15 is 0 Å². The molecule has 1 unspecified atom stereocenters. The van der Waals surface area contributed by atoms with E-state index < -0.39 is 41.3 Å². The zero-order valence-corrected chi connectivity index (χ0v) is 41.5. The molecular weight excluding hydrogens is 871 g/mol. The summed E-state index contributed by atoms with van der Waals surface area (Å²) in [6, 6.07) is 24.2. The van der Waals surface area contributed by atoms with E-state index in [1.54, 1.807) is 20.4 Å². The van der Waals surface area contributed by atoms with Crippen LogP contribution >= 0.6 is 0 Å². The van der Waals surface area contributed by atoms with Crippen molar-refractivity contribution in [2.45, 2.75) is 98.0 Å². The van der Waals surface area contributed by atoms with Crippen LogP contribution in [-0.2, 0) is 54.6 Å². The summed E-state index contributed by atoms with van der Waals surface area (Å²) in [5.41, 5.74) is 12.4. The first-order valence-electron chi connectivity index (χ1n) is 24.0. The van der Waals surface area contributed by atoms with Crippen LogP contribution < -0.4 is 15.6 Å².